The molecule has 1 spiro atoms. The van der Waals surface area contributed by atoms with Crippen LogP contribution in [0.5, 0.6) is 0 Å². The van der Waals surface area contributed by atoms with Gasteiger partial charge in [-0.05, 0) is 138 Å². The van der Waals surface area contributed by atoms with Crippen molar-refractivity contribution in [1.82, 2.24) is 4.57 Å². The van der Waals surface area contributed by atoms with Crippen LogP contribution in [0.4, 0.5) is 17.1 Å². The summed E-state index contributed by atoms with van der Waals surface area (Å²) in [5, 5.41) is 10.2. The zero-order valence-electron chi connectivity index (χ0n) is 34.2. The van der Waals surface area contributed by atoms with Crippen molar-refractivity contribution in [3.05, 3.63) is 171 Å². The molecule has 2 nitrogen and oxygen atoms in total. The highest BCUT2D eigenvalue weighted by atomic mass is 32.1. The number of hydrogen-bond acceptors (Lipinski definition) is 3. The smallest absolute Gasteiger partial charge is 0.0743 e. The average Bonchev–Trinajstić information content (AvgIpc) is 4.05. The van der Waals surface area contributed by atoms with Gasteiger partial charge in [-0.15, -0.1) is 22.7 Å². The first-order chi connectivity index (χ1) is 28.0. The van der Waals surface area contributed by atoms with E-state index >= 15 is 0 Å². The quantitative estimate of drug-likeness (QED) is 0.173. The fourth-order valence-electron chi connectivity index (χ4n) is 11.1. The van der Waals surface area contributed by atoms with E-state index in [4.69, 9.17) is 0 Å². The van der Waals surface area contributed by atoms with Crippen LogP contribution in [0.2, 0.25) is 0 Å². The Morgan fingerprint density at radius 1 is 0.534 bits per heavy atom. The van der Waals surface area contributed by atoms with E-state index in [1.54, 1.807) is 0 Å². The van der Waals surface area contributed by atoms with Gasteiger partial charge in [0.1, 0.15) is 0 Å². The SMILES string of the molecule is Cn1c2c(N(c3ccc(C(C)(C)C)cc3)c3ccc(C(C)(C)C)cc3)cccc2c2ccc3c(c21)-c1ccc2c4c(ccc(c14)C31c3ccsc3-c3sccc31)CC2. The summed E-state index contributed by atoms with van der Waals surface area (Å²) in [6.45, 7) is 13.8. The molecule has 284 valence electrons. The Hall–Kier alpha value is -5.42. The molecule has 6 aromatic carbocycles. The van der Waals surface area contributed by atoms with Gasteiger partial charge < -0.3 is 9.47 Å². The molecule has 0 radical (unpaired) electrons. The second kappa shape index (κ2) is 11.6. The lowest BCUT2D eigenvalue weighted by atomic mass is 9.61. The molecule has 3 aliphatic carbocycles. The Kier molecular flexibility index (Phi) is 6.93. The molecule has 0 bridgehead atoms. The van der Waals surface area contributed by atoms with E-state index in [1.165, 1.54) is 104 Å². The summed E-state index contributed by atoms with van der Waals surface area (Å²) in [7, 11) is 2.32. The predicted octanol–water partition coefficient (Wildman–Crippen LogP) is 15.1. The highest BCUT2D eigenvalue weighted by Gasteiger charge is 2.52. The number of para-hydroxylation sites is 1. The Morgan fingerprint density at radius 2 is 1.09 bits per heavy atom. The molecule has 0 atom stereocenters. The van der Waals surface area contributed by atoms with Gasteiger partial charge in [-0.25, -0.2) is 0 Å². The maximum absolute atomic E-state index is 2.54. The average molecular weight is 787 g/mol. The van der Waals surface area contributed by atoms with Crippen molar-refractivity contribution in [3.8, 4) is 20.9 Å². The highest BCUT2D eigenvalue weighted by molar-refractivity contribution is 7.21. The van der Waals surface area contributed by atoms with E-state index in [9.17, 15) is 0 Å². The first-order valence-corrected chi connectivity index (χ1v) is 22.5. The monoisotopic (exact) mass is 786 g/mol. The van der Waals surface area contributed by atoms with E-state index in [2.05, 4.69) is 184 Å². The van der Waals surface area contributed by atoms with Gasteiger partial charge in [0.25, 0.3) is 0 Å². The molecular weight excluding hydrogens is 741 g/mol. The van der Waals surface area contributed by atoms with Gasteiger partial charge in [-0.2, -0.15) is 0 Å². The van der Waals surface area contributed by atoms with Crippen LogP contribution in [-0.2, 0) is 36.1 Å². The Bertz CT molecular complexity index is 3080. The maximum Gasteiger partial charge on any atom is 0.0743 e. The van der Waals surface area contributed by atoms with Crippen molar-refractivity contribution in [3.63, 3.8) is 0 Å². The predicted molar refractivity (Wildman–Crippen MR) is 249 cm³/mol. The van der Waals surface area contributed by atoms with Crippen molar-refractivity contribution in [2.24, 2.45) is 7.05 Å². The Morgan fingerprint density at radius 3 is 1.67 bits per heavy atom. The van der Waals surface area contributed by atoms with Crippen LogP contribution < -0.4 is 4.90 Å². The number of anilines is 3. The van der Waals surface area contributed by atoms with Gasteiger partial charge in [-0.1, -0.05) is 114 Å². The Balaban J connectivity index is 1.18. The molecule has 0 unspecified atom stereocenters. The molecule has 12 rings (SSSR count). The molecule has 3 heterocycles. The molecule has 58 heavy (non-hydrogen) atoms. The minimum Gasteiger partial charge on any atom is -0.341 e. The summed E-state index contributed by atoms with van der Waals surface area (Å²) >= 11 is 3.81. The fourth-order valence-corrected chi connectivity index (χ4v) is 13.2. The van der Waals surface area contributed by atoms with Crippen LogP contribution >= 0.6 is 22.7 Å². The molecule has 0 saturated carbocycles. The summed E-state index contributed by atoms with van der Waals surface area (Å²) in [6, 6.07) is 45.2. The van der Waals surface area contributed by atoms with Gasteiger partial charge in [0.05, 0.1) is 22.1 Å². The van der Waals surface area contributed by atoms with Crippen LogP contribution in [0.3, 0.4) is 0 Å². The van der Waals surface area contributed by atoms with Crippen LogP contribution in [0.25, 0.3) is 53.5 Å². The first kappa shape index (κ1) is 34.6. The molecular formula is C54H46N2S2. The molecule has 0 N–H and O–H groups in total. The van der Waals surface area contributed by atoms with Gasteiger partial charge in [-0.3, -0.25) is 0 Å². The molecule has 0 fully saturated rings. The molecule has 0 aliphatic heterocycles. The molecule has 3 aliphatic rings. The summed E-state index contributed by atoms with van der Waals surface area (Å²) in [4.78, 5) is 5.36. The summed E-state index contributed by atoms with van der Waals surface area (Å²) in [5.74, 6) is 0. The van der Waals surface area contributed by atoms with E-state index < -0.39 is 0 Å². The van der Waals surface area contributed by atoms with E-state index in [0.717, 1.165) is 24.2 Å². The summed E-state index contributed by atoms with van der Waals surface area (Å²) in [5.41, 5.74) is 20.0. The zero-order chi connectivity index (χ0) is 39.5. The second-order valence-corrected chi connectivity index (χ2v) is 20.7. The van der Waals surface area contributed by atoms with E-state index in [0.29, 0.717) is 0 Å². The number of hydrogen-bond donors (Lipinski definition) is 0. The molecule has 0 saturated heterocycles. The number of benzene rings is 6. The lowest BCUT2D eigenvalue weighted by molar-refractivity contribution is 0.590. The molecule has 4 heteroatoms. The zero-order valence-corrected chi connectivity index (χ0v) is 35.9. The second-order valence-electron chi connectivity index (χ2n) is 18.9. The minimum atomic E-state index is -0.365. The van der Waals surface area contributed by atoms with Gasteiger partial charge in [0.2, 0.25) is 0 Å². The number of aromatic nitrogens is 1. The molecule has 3 aromatic heterocycles. The summed E-state index contributed by atoms with van der Waals surface area (Å²) in [6.07, 6.45) is 2.24. The van der Waals surface area contributed by atoms with Crippen LogP contribution in [0.1, 0.15) is 86.1 Å². The number of fused-ring (bicyclic) bond motifs is 13. The van der Waals surface area contributed by atoms with E-state index in [-0.39, 0.29) is 16.2 Å². The fraction of sp³-hybridized carbons (Fsp3) is 0.222. The van der Waals surface area contributed by atoms with Crippen LogP contribution in [-0.4, -0.2) is 4.57 Å². The normalized spacial score (nSPS) is 14.8. The number of thiophene rings is 2. The topological polar surface area (TPSA) is 8.17 Å². The minimum absolute atomic E-state index is 0.0689. The third-order valence-electron chi connectivity index (χ3n) is 13.8. The first-order valence-electron chi connectivity index (χ1n) is 20.8. The number of aryl methyl sites for hydroxylation is 3. The standard InChI is InChI=1S/C54H46N2S2/c1-52(2,3)33-15-19-35(20-16-33)56(36-21-17-34(18-22-36)53(4,5)6)44-10-8-9-37-38-24-26-41-47(49(38)55(7)48(37)44)39-23-13-31-11-12-32-14-25-40(46(39)45(31)32)54(41)42-27-29-57-50(42)51-43(54)28-30-58-51/h8-10,13-30H,11-12H2,1-7H3. The third-order valence-corrected chi connectivity index (χ3v) is 15.8. The molecule has 9 aromatic rings. The number of nitrogens with zero attached hydrogens (tertiary/aromatic N) is 2. The van der Waals surface area contributed by atoms with Gasteiger partial charge in [0.15, 0.2) is 0 Å². The van der Waals surface area contributed by atoms with Crippen molar-refractivity contribution < 1.29 is 0 Å². The van der Waals surface area contributed by atoms with Crippen molar-refractivity contribution in [2.45, 2.75) is 70.6 Å². The van der Waals surface area contributed by atoms with Gasteiger partial charge >= 0.3 is 0 Å². The van der Waals surface area contributed by atoms with E-state index in [1.807, 2.05) is 22.7 Å². The lowest BCUT2D eigenvalue weighted by Gasteiger charge is -2.39. The Labute approximate surface area is 349 Å². The lowest BCUT2D eigenvalue weighted by Crippen LogP contribution is -2.31. The highest BCUT2D eigenvalue weighted by Crippen LogP contribution is 2.65. The molecule has 0 amide bonds. The maximum atomic E-state index is 2.54. The van der Waals surface area contributed by atoms with Crippen LogP contribution in [0.15, 0.2) is 126 Å². The third kappa shape index (κ3) is 4.38. The van der Waals surface area contributed by atoms with Crippen molar-refractivity contribution in [1.29, 1.82) is 0 Å². The van der Waals surface area contributed by atoms with Crippen molar-refractivity contribution >= 4 is 72.3 Å². The largest absolute Gasteiger partial charge is 0.341 e. The summed E-state index contributed by atoms with van der Waals surface area (Å²) < 4.78 is 2.54. The van der Waals surface area contributed by atoms with Crippen molar-refractivity contribution in [2.75, 3.05) is 4.90 Å². The van der Waals surface area contributed by atoms with Gasteiger partial charge in [0, 0.05) is 44.5 Å². The van der Waals surface area contributed by atoms with Crippen LogP contribution in [0, 0.1) is 0 Å². The number of rotatable bonds is 3.